The summed E-state index contributed by atoms with van der Waals surface area (Å²) in [5.74, 6) is 0.365. The second-order valence-corrected chi connectivity index (χ2v) is 4.13. The first-order valence-electron chi connectivity index (χ1n) is 5.27. The summed E-state index contributed by atoms with van der Waals surface area (Å²) in [5, 5.41) is 0. The van der Waals surface area contributed by atoms with Gasteiger partial charge in [0, 0.05) is 18.9 Å². The predicted octanol–water partition coefficient (Wildman–Crippen LogP) is 1.18. The molecule has 4 heteroatoms. The van der Waals surface area contributed by atoms with E-state index >= 15 is 0 Å². The summed E-state index contributed by atoms with van der Waals surface area (Å²) < 4.78 is 1.64. The summed E-state index contributed by atoms with van der Waals surface area (Å²) in [6, 6.07) is 3.72. The first-order chi connectivity index (χ1) is 7.13. The van der Waals surface area contributed by atoms with E-state index in [1.54, 1.807) is 17.1 Å². The van der Waals surface area contributed by atoms with Gasteiger partial charge in [-0.25, -0.2) is 0 Å². The van der Waals surface area contributed by atoms with Crippen molar-refractivity contribution in [2.75, 3.05) is 12.0 Å². The molecule has 15 heavy (non-hydrogen) atoms. The summed E-state index contributed by atoms with van der Waals surface area (Å²) in [6.45, 7) is 4.57. The van der Waals surface area contributed by atoms with Crippen molar-refractivity contribution in [2.45, 2.75) is 20.3 Å². The van der Waals surface area contributed by atoms with Crippen molar-refractivity contribution in [3.05, 3.63) is 24.5 Å². The summed E-state index contributed by atoms with van der Waals surface area (Å²) in [4.78, 5) is 11.8. The highest BCUT2D eigenvalue weighted by molar-refractivity contribution is 5.86. The maximum atomic E-state index is 11.8. The van der Waals surface area contributed by atoms with Crippen molar-refractivity contribution in [2.24, 2.45) is 17.6 Å². The highest BCUT2D eigenvalue weighted by Crippen LogP contribution is 2.10. The van der Waals surface area contributed by atoms with Crippen LogP contribution in [0.5, 0.6) is 0 Å². The van der Waals surface area contributed by atoms with Gasteiger partial charge in [0.05, 0.1) is 5.92 Å². The number of nitrogens with zero attached hydrogens (tertiary/aromatic N) is 1. The molecule has 0 fully saturated rings. The summed E-state index contributed by atoms with van der Waals surface area (Å²) in [6.07, 6.45) is 4.41. The Labute approximate surface area is 90.4 Å². The number of carbonyl (C=O) groups is 1. The molecule has 1 atom stereocenters. The van der Waals surface area contributed by atoms with Gasteiger partial charge in [0.15, 0.2) is 0 Å². The lowest BCUT2D eigenvalue weighted by atomic mass is 9.97. The number of nitrogens with one attached hydrogen (secondary N) is 1. The molecule has 0 aliphatic carbocycles. The fourth-order valence-corrected chi connectivity index (χ4v) is 1.51. The minimum atomic E-state index is -0.104. The maximum Gasteiger partial charge on any atom is 0.243 e. The van der Waals surface area contributed by atoms with Crippen molar-refractivity contribution < 1.29 is 4.79 Å². The van der Waals surface area contributed by atoms with Crippen LogP contribution in [0.25, 0.3) is 0 Å². The minimum Gasteiger partial charge on any atom is -0.330 e. The highest BCUT2D eigenvalue weighted by Gasteiger charge is 2.17. The molecule has 1 rings (SSSR count). The number of hydrogen-bond donors (Lipinski definition) is 2. The molecule has 1 heterocycles. The first-order valence-corrected chi connectivity index (χ1v) is 5.27. The number of carbonyl (C=O) groups excluding carboxylic acids is 1. The molecule has 84 valence electrons. The van der Waals surface area contributed by atoms with Gasteiger partial charge in [0.25, 0.3) is 0 Å². The van der Waals surface area contributed by atoms with E-state index in [-0.39, 0.29) is 11.8 Å². The Bertz CT molecular complexity index is 293. The summed E-state index contributed by atoms with van der Waals surface area (Å²) >= 11 is 0. The fourth-order valence-electron chi connectivity index (χ4n) is 1.51. The number of rotatable bonds is 5. The van der Waals surface area contributed by atoms with Gasteiger partial charge in [-0.3, -0.25) is 14.9 Å². The predicted molar refractivity (Wildman–Crippen MR) is 60.8 cm³/mol. The smallest absolute Gasteiger partial charge is 0.243 e. The average molecular weight is 209 g/mol. The van der Waals surface area contributed by atoms with Crippen LogP contribution < -0.4 is 11.2 Å². The third kappa shape index (κ3) is 3.75. The number of nitrogens with two attached hydrogens (primary N) is 1. The monoisotopic (exact) mass is 209 g/mol. The number of hydrogen-bond acceptors (Lipinski definition) is 2. The molecule has 0 spiro atoms. The van der Waals surface area contributed by atoms with Crippen LogP contribution >= 0.6 is 0 Å². The Hall–Kier alpha value is -1.29. The highest BCUT2D eigenvalue weighted by atomic mass is 16.2. The zero-order valence-electron chi connectivity index (χ0n) is 9.31. The van der Waals surface area contributed by atoms with Crippen LogP contribution in [-0.4, -0.2) is 17.1 Å². The van der Waals surface area contributed by atoms with Gasteiger partial charge < -0.3 is 5.73 Å². The van der Waals surface area contributed by atoms with Crippen molar-refractivity contribution in [3.8, 4) is 0 Å². The molecule has 4 nitrogen and oxygen atoms in total. The lowest BCUT2D eigenvalue weighted by Crippen LogP contribution is -2.34. The quantitative estimate of drug-likeness (QED) is 0.765. The van der Waals surface area contributed by atoms with Gasteiger partial charge in [-0.2, -0.15) is 0 Å². The first kappa shape index (κ1) is 11.8. The van der Waals surface area contributed by atoms with Crippen LogP contribution in [0.4, 0.5) is 0 Å². The van der Waals surface area contributed by atoms with E-state index in [9.17, 15) is 4.79 Å². The maximum absolute atomic E-state index is 11.8. The molecule has 1 amide bonds. The lowest BCUT2D eigenvalue weighted by Gasteiger charge is -2.17. The van der Waals surface area contributed by atoms with Crippen molar-refractivity contribution in [1.29, 1.82) is 0 Å². The topological polar surface area (TPSA) is 60.1 Å². The van der Waals surface area contributed by atoms with Crippen LogP contribution in [0.15, 0.2) is 24.5 Å². The molecule has 1 aromatic heterocycles. The standard InChI is InChI=1S/C11H19N3O/c1-9(2)7-10(8-12)11(15)13-14-5-3-4-6-14/h3-6,9-10H,7-8,12H2,1-2H3,(H,13,15). The third-order valence-corrected chi connectivity index (χ3v) is 2.25. The Morgan fingerprint density at radius 3 is 2.47 bits per heavy atom. The van der Waals surface area contributed by atoms with Crippen molar-refractivity contribution in [1.82, 2.24) is 4.68 Å². The Balaban J connectivity index is 2.50. The molecule has 1 unspecified atom stereocenters. The van der Waals surface area contributed by atoms with Crippen LogP contribution in [-0.2, 0) is 4.79 Å². The molecule has 0 saturated carbocycles. The Morgan fingerprint density at radius 2 is 2.00 bits per heavy atom. The molecule has 0 aromatic carbocycles. The molecule has 0 aliphatic rings. The second-order valence-electron chi connectivity index (χ2n) is 4.13. The van der Waals surface area contributed by atoms with E-state index in [1.807, 2.05) is 12.1 Å². The van der Waals surface area contributed by atoms with Gasteiger partial charge in [-0.15, -0.1) is 0 Å². The van der Waals surface area contributed by atoms with E-state index in [0.717, 1.165) is 6.42 Å². The number of amides is 1. The molecule has 1 aromatic rings. The second kappa shape index (κ2) is 5.56. The summed E-state index contributed by atoms with van der Waals surface area (Å²) in [7, 11) is 0. The minimum absolute atomic E-state index is 0.0117. The van der Waals surface area contributed by atoms with E-state index in [4.69, 9.17) is 5.73 Å². The zero-order valence-corrected chi connectivity index (χ0v) is 9.31. The molecule has 0 bridgehead atoms. The number of aromatic nitrogens is 1. The van der Waals surface area contributed by atoms with Gasteiger partial charge >= 0.3 is 0 Å². The van der Waals surface area contributed by atoms with Gasteiger partial charge in [-0.1, -0.05) is 13.8 Å². The van der Waals surface area contributed by atoms with E-state index in [2.05, 4.69) is 19.3 Å². The average Bonchev–Trinajstić information content (AvgIpc) is 2.66. The van der Waals surface area contributed by atoms with Crippen molar-refractivity contribution in [3.63, 3.8) is 0 Å². The molecule has 0 aliphatic heterocycles. The molecular formula is C11H19N3O. The molecular weight excluding hydrogens is 190 g/mol. The zero-order chi connectivity index (χ0) is 11.3. The Kier molecular flexibility index (Phi) is 4.37. The van der Waals surface area contributed by atoms with Crippen LogP contribution in [0, 0.1) is 11.8 Å². The third-order valence-electron chi connectivity index (χ3n) is 2.25. The van der Waals surface area contributed by atoms with Crippen LogP contribution in [0.2, 0.25) is 0 Å². The van der Waals surface area contributed by atoms with Crippen molar-refractivity contribution >= 4 is 5.91 Å². The van der Waals surface area contributed by atoms with E-state index < -0.39 is 0 Å². The fraction of sp³-hybridized carbons (Fsp3) is 0.545. The van der Waals surface area contributed by atoms with E-state index in [1.165, 1.54) is 0 Å². The molecule has 0 saturated heterocycles. The van der Waals surface area contributed by atoms with Gasteiger partial charge in [0.1, 0.15) is 0 Å². The van der Waals surface area contributed by atoms with Crippen LogP contribution in [0.1, 0.15) is 20.3 Å². The largest absolute Gasteiger partial charge is 0.330 e. The normalized spacial score (nSPS) is 12.8. The summed E-state index contributed by atoms with van der Waals surface area (Å²) in [5.41, 5.74) is 8.36. The molecule has 0 radical (unpaired) electrons. The van der Waals surface area contributed by atoms with E-state index in [0.29, 0.717) is 12.5 Å². The lowest BCUT2D eigenvalue weighted by molar-refractivity contribution is -0.121. The van der Waals surface area contributed by atoms with Gasteiger partial charge in [-0.05, 0) is 24.5 Å². The SMILES string of the molecule is CC(C)CC(CN)C(=O)Nn1cccc1. The Morgan fingerprint density at radius 1 is 1.40 bits per heavy atom. The van der Waals surface area contributed by atoms with Crippen LogP contribution in [0.3, 0.4) is 0 Å². The van der Waals surface area contributed by atoms with Gasteiger partial charge in [0.2, 0.25) is 5.91 Å². The molecule has 3 N–H and O–H groups in total.